The molecule has 12 nitrogen and oxygen atoms in total. The van der Waals surface area contributed by atoms with Gasteiger partial charge in [0.05, 0.1) is 23.2 Å². The number of aromatic hydroxyl groups is 4. The van der Waals surface area contributed by atoms with Crippen LogP contribution in [0.25, 0.3) is 0 Å². The van der Waals surface area contributed by atoms with Crippen LogP contribution in [-0.2, 0) is 17.6 Å². The first-order valence-electron chi connectivity index (χ1n) is 12.7. The molecule has 2 aromatic carbocycles. The van der Waals surface area contributed by atoms with Gasteiger partial charge in [0.25, 0.3) is 0 Å². The van der Waals surface area contributed by atoms with Crippen molar-refractivity contribution in [2.24, 2.45) is 5.41 Å². The average molecular weight is 567 g/mol. The second kappa shape index (κ2) is 9.11. The van der Waals surface area contributed by atoms with Crippen LogP contribution in [0.4, 0.5) is 0 Å². The minimum atomic E-state index is -1.89. The Morgan fingerprint density at radius 3 is 1.95 bits per heavy atom. The maximum Gasteiger partial charge on any atom is 0.227 e. The van der Waals surface area contributed by atoms with E-state index >= 15 is 0 Å². The predicted molar refractivity (Wildman–Crippen MR) is 139 cm³/mol. The molecule has 0 amide bonds. The molecule has 41 heavy (non-hydrogen) atoms. The van der Waals surface area contributed by atoms with Gasteiger partial charge in [-0.15, -0.1) is 0 Å². The van der Waals surface area contributed by atoms with Crippen LogP contribution in [0.2, 0.25) is 0 Å². The Balaban J connectivity index is 1.58. The van der Waals surface area contributed by atoms with Gasteiger partial charge >= 0.3 is 0 Å². The number of carbonyl (C=O) groups excluding carboxylic acids is 1. The summed E-state index contributed by atoms with van der Waals surface area (Å²) in [6.07, 6.45) is -2.78. The van der Waals surface area contributed by atoms with Gasteiger partial charge < -0.3 is 55.4 Å². The number of aliphatic hydroxyl groups excluding tert-OH is 5. The van der Waals surface area contributed by atoms with Gasteiger partial charge in [0.2, 0.25) is 5.78 Å². The van der Waals surface area contributed by atoms with Crippen molar-refractivity contribution in [3.63, 3.8) is 0 Å². The smallest absolute Gasteiger partial charge is 0.227 e. The molecule has 214 valence electrons. The highest BCUT2D eigenvalue weighted by Gasteiger charge is 2.59. The van der Waals surface area contributed by atoms with Crippen molar-refractivity contribution in [1.82, 2.24) is 0 Å². The van der Waals surface area contributed by atoms with Crippen LogP contribution < -0.4 is 9.47 Å². The zero-order valence-electron chi connectivity index (χ0n) is 21.2. The second-order valence-electron chi connectivity index (χ2n) is 10.5. The Morgan fingerprint density at radius 1 is 0.732 bits per heavy atom. The van der Waals surface area contributed by atoms with E-state index in [2.05, 4.69) is 0 Å². The maximum absolute atomic E-state index is 13.5. The third kappa shape index (κ3) is 3.86. The number of phenols is 4. The van der Waals surface area contributed by atoms with Gasteiger partial charge in [-0.3, -0.25) is 4.79 Å². The number of hydrogen-bond donors (Lipinski definition) is 9. The summed E-state index contributed by atoms with van der Waals surface area (Å²) < 4.78 is 12.2. The van der Waals surface area contributed by atoms with Crippen LogP contribution in [0.3, 0.4) is 0 Å². The summed E-state index contributed by atoms with van der Waals surface area (Å²) in [4.78, 5) is 13.5. The summed E-state index contributed by atoms with van der Waals surface area (Å²) >= 11 is 0. The Hall–Kier alpha value is -4.81. The summed E-state index contributed by atoms with van der Waals surface area (Å²) in [5.74, 6) is -4.79. The number of phenolic OH excluding ortho intramolecular Hbond substituents is 4. The van der Waals surface area contributed by atoms with Gasteiger partial charge in [0.1, 0.15) is 46.7 Å². The van der Waals surface area contributed by atoms with Gasteiger partial charge in [0, 0.05) is 48.2 Å². The minimum absolute atomic E-state index is 0.0203. The third-order valence-electron chi connectivity index (χ3n) is 8.10. The lowest BCUT2D eigenvalue weighted by atomic mass is 9.59. The molecule has 2 aromatic rings. The number of benzene rings is 2. The van der Waals surface area contributed by atoms with Crippen molar-refractivity contribution in [3.05, 3.63) is 82.0 Å². The summed E-state index contributed by atoms with van der Waals surface area (Å²) in [6.45, 7) is 0. The van der Waals surface area contributed by atoms with E-state index in [9.17, 15) is 50.8 Å². The van der Waals surface area contributed by atoms with E-state index < -0.39 is 58.5 Å². The molecule has 0 fully saturated rings. The van der Waals surface area contributed by atoms with E-state index in [1.165, 1.54) is 18.2 Å². The van der Waals surface area contributed by atoms with E-state index in [0.717, 1.165) is 24.3 Å². The van der Waals surface area contributed by atoms with Crippen molar-refractivity contribution in [2.45, 2.75) is 43.7 Å². The summed E-state index contributed by atoms with van der Waals surface area (Å²) in [5, 5.41) is 95.7. The molecule has 4 aliphatic rings. The highest BCUT2D eigenvalue weighted by molar-refractivity contribution is 6.10. The fraction of sp³-hybridized carbons (Fsp3) is 0.276. The zero-order valence-corrected chi connectivity index (χ0v) is 21.2. The molecule has 6 rings (SSSR count). The van der Waals surface area contributed by atoms with Gasteiger partial charge in [-0.25, -0.2) is 0 Å². The number of aliphatic hydroxyl groups is 5. The average Bonchev–Trinajstić information content (AvgIpc) is 3.01. The monoisotopic (exact) mass is 566 g/mol. The topological polar surface area (TPSA) is 218 Å². The number of hydrogen-bond acceptors (Lipinski definition) is 12. The number of fused-ring (bicyclic) bond motifs is 3. The van der Waals surface area contributed by atoms with E-state index in [-0.39, 0.29) is 70.5 Å². The molecule has 0 saturated heterocycles. The van der Waals surface area contributed by atoms with E-state index in [1.807, 2.05) is 0 Å². The van der Waals surface area contributed by atoms with Crippen molar-refractivity contribution in [3.8, 4) is 34.5 Å². The SMILES string of the molecule is O=C1C(O)=CC[C@]2(C3Oc4cc(O)cc(O)c4C[C@H]3O)C([C@H]3Oc4cc(O)cc(O)c4C[C@H]3O)=CC=C(O)C(O)=C12. The van der Waals surface area contributed by atoms with Gasteiger partial charge in [0.15, 0.2) is 17.3 Å². The first-order valence-corrected chi connectivity index (χ1v) is 12.7. The number of carbonyl (C=O) groups is 1. The lowest BCUT2D eigenvalue weighted by molar-refractivity contribution is -0.119. The minimum Gasteiger partial charge on any atom is -0.508 e. The van der Waals surface area contributed by atoms with Crippen LogP contribution in [0.15, 0.2) is 70.9 Å². The first-order chi connectivity index (χ1) is 19.4. The molecule has 1 unspecified atom stereocenters. The molecule has 2 heterocycles. The highest BCUT2D eigenvalue weighted by Crippen LogP contribution is 2.56. The molecule has 0 radical (unpaired) electrons. The second-order valence-corrected chi connectivity index (χ2v) is 10.5. The molecule has 0 saturated carbocycles. The summed E-state index contributed by atoms with van der Waals surface area (Å²) in [7, 11) is 0. The highest BCUT2D eigenvalue weighted by atomic mass is 16.5. The predicted octanol–water partition coefficient (Wildman–Crippen LogP) is 2.13. The molecular weight excluding hydrogens is 540 g/mol. The van der Waals surface area contributed by atoms with Gasteiger partial charge in [-0.05, 0) is 24.1 Å². The van der Waals surface area contributed by atoms with Crippen molar-refractivity contribution in [1.29, 1.82) is 0 Å². The van der Waals surface area contributed by atoms with Gasteiger partial charge in [-0.1, -0.05) is 6.08 Å². The molecule has 0 spiro atoms. The van der Waals surface area contributed by atoms with Crippen LogP contribution in [-0.4, -0.2) is 76.2 Å². The lowest BCUT2D eigenvalue weighted by Crippen LogP contribution is -2.58. The molecule has 0 bridgehead atoms. The lowest BCUT2D eigenvalue weighted by Gasteiger charge is -2.50. The van der Waals surface area contributed by atoms with E-state index in [0.29, 0.717) is 0 Å². The molecule has 5 atom stereocenters. The molecule has 9 N–H and O–H groups in total. The molecule has 12 heteroatoms. The molecular formula is C29H26O12. The first kappa shape index (κ1) is 26.4. The fourth-order valence-electron chi connectivity index (χ4n) is 6.28. The van der Waals surface area contributed by atoms with Crippen molar-refractivity contribution in [2.75, 3.05) is 0 Å². The zero-order chi connectivity index (χ0) is 29.4. The van der Waals surface area contributed by atoms with Crippen LogP contribution >= 0.6 is 0 Å². The maximum atomic E-state index is 13.5. The Bertz CT molecular complexity index is 1620. The van der Waals surface area contributed by atoms with Crippen LogP contribution in [0.5, 0.6) is 34.5 Å². The standard InChI is InChI=1S/C29H26O12/c30-11-5-18(34)13-9-20(36)27(40-22(13)7-11)15-1-2-16(32)25(38)24-26(39)17(33)3-4-29(15,24)28-21(37)10-14-19(35)6-12(31)8-23(14)41-28/h1-3,5-8,20-21,27-28,30-38H,4,9-10H2/t20-,21-,27-,28?,29+/m1/s1. The number of Topliss-reactive ketones (excluding diaryl/α,β-unsaturated/α-hetero) is 1. The fourth-order valence-corrected chi connectivity index (χ4v) is 6.28. The number of allylic oxidation sites excluding steroid dienone is 4. The largest absolute Gasteiger partial charge is 0.508 e. The van der Waals surface area contributed by atoms with Gasteiger partial charge in [-0.2, -0.15) is 0 Å². The summed E-state index contributed by atoms with van der Waals surface area (Å²) in [6, 6.07) is 4.59. The number of rotatable bonds is 2. The third-order valence-corrected chi connectivity index (χ3v) is 8.10. The van der Waals surface area contributed by atoms with E-state index in [4.69, 9.17) is 9.47 Å². The Labute approximate surface area is 231 Å². The molecule has 2 aliphatic heterocycles. The van der Waals surface area contributed by atoms with E-state index in [1.54, 1.807) is 0 Å². The summed E-state index contributed by atoms with van der Waals surface area (Å²) in [5.41, 5.74) is -2.00. The Morgan fingerprint density at radius 2 is 1.32 bits per heavy atom. The van der Waals surface area contributed by atoms with Crippen molar-refractivity contribution >= 4 is 5.78 Å². The normalized spacial score (nSPS) is 29.0. The Kier molecular flexibility index (Phi) is 5.87. The van der Waals surface area contributed by atoms with Crippen molar-refractivity contribution < 1.29 is 60.2 Å². The molecule has 2 aliphatic carbocycles. The number of ketones is 1. The molecule has 0 aromatic heterocycles. The quantitative estimate of drug-likeness (QED) is 0.255. The van der Waals surface area contributed by atoms with Crippen LogP contribution in [0.1, 0.15) is 17.5 Å². The van der Waals surface area contributed by atoms with Crippen LogP contribution in [0, 0.1) is 5.41 Å². The number of ether oxygens (including phenoxy) is 2.